The molecule has 0 spiro atoms. The molecule has 61 heavy (non-hydrogen) atoms. The second-order valence-electron chi connectivity index (χ2n) is 18.2. The van der Waals surface area contributed by atoms with Crippen LogP contribution in [0.5, 0.6) is 0 Å². The van der Waals surface area contributed by atoms with Crippen LogP contribution in [0.3, 0.4) is 0 Å². The summed E-state index contributed by atoms with van der Waals surface area (Å²) < 4.78 is 34.4. The third-order valence-corrected chi connectivity index (χ3v) is 11.9. The maximum absolute atomic E-state index is 12.7. The van der Waals surface area contributed by atoms with Crippen molar-refractivity contribution >= 4 is 25.5 Å². The Bertz CT molecular complexity index is 1150. The first-order valence-electron chi connectivity index (χ1n) is 25.0. The van der Waals surface area contributed by atoms with E-state index in [1.807, 2.05) is 33.3 Å². The van der Waals surface area contributed by atoms with E-state index in [1.54, 1.807) is 6.08 Å². The lowest BCUT2D eigenvalue weighted by Crippen LogP contribution is -2.37. The number of allylic oxidation sites excluding steroid dienone is 4. The van der Waals surface area contributed by atoms with Gasteiger partial charge in [-0.3, -0.25) is 23.4 Å². The largest absolute Gasteiger partial charge is 0.472 e. The highest BCUT2D eigenvalue weighted by molar-refractivity contribution is 7.47. The fourth-order valence-electron chi connectivity index (χ4n) is 7.00. The Morgan fingerprint density at radius 2 is 0.967 bits per heavy atom. The van der Waals surface area contributed by atoms with Crippen LogP contribution in [0.25, 0.3) is 0 Å². The molecule has 0 aromatic heterocycles. The number of hydrogen-bond donors (Lipinski definition) is 1. The summed E-state index contributed by atoms with van der Waals surface area (Å²) in [6.45, 7) is 4.25. The molecule has 358 valence electrons. The number of ketones is 1. The van der Waals surface area contributed by atoms with Crippen molar-refractivity contribution in [3.8, 4) is 0 Å². The summed E-state index contributed by atoms with van der Waals surface area (Å²) in [5.74, 6) is -0.668. The lowest BCUT2D eigenvalue weighted by Gasteiger charge is -2.24. The van der Waals surface area contributed by atoms with Crippen LogP contribution < -0.4 is 0 Å². The monoisotopic (exact) mass is 885 g/mol. The minimum absolute atomic E-state index is 0.0195. The summed E-state index contributed by atoms with van der Waals surface area (Å²) in [5, 5.41) is 0. The highest BCUT2D eigenvalue weighted by Crippen LogP contribution is 2.43. The highest BCUT2D eigenvalue weighted by Gasteiger charge is 2.27. The summed E-state index contributed by atoms with van der Waals surface area (Å²) in [7, 11) is 1.44. The number of phosphoric acid groups is 1. The summed E-state index contributed by atoms with van der Waals surface area (Å²) >= 11 is 0. The molecule has 0 aromatic rings. The van der Waals surface area contributed by atoms with Crippen molar-refractivity contribution in [2.75, 3.05) is 47.5 Å². The number of unbranched alkanes of at least 4 members (excludes halogenated alkanes) is 27. The van der Waals surface area contributed by atoms with Gasteiger partial charge in [0.1, 0.15) is 19.8 Å². The predicted octanol–water partition coefficient (Wildman–Crippen LogP) is 13.9. The second kappa shape index (κ2) is 42.1. The molecule has 0 heterocycles. The zero-order valence-electron chi connectivity index (χ0n) is 40.2. The van der Waals surface area contributed by atoms with Gasteiger partial charge >= 0.3 is 19.8 Å². The molecule has 0 rings (SSSR count). The van der Waals surface area contributed by atoms with E-state index in [0.717, 1.165) is 64.2 Å². The van der Waals surface area contributed by atoms with Gasteiger partial charge in [-0.1, -0.05) is 193 Å². The number of quaternary nitrogens is 1. The van der Waals surface area contributed by atoms with Crippen molar-refractivity contribution in [2.45, 2.75) is 232 Å². The number of carbonyl (C=O) groups excluding carboxylic acids is 3. The van der Waals surface area contributed by atoms with Crippen molar-refractivity contribution in [1.82, 2.24) is 0 Å². The van der Waals surface area contributed by atoms with Crippen LogP contribution in [0.4, 0.5) is 0 Å². The van der Waals surface area contributed by atoms with Crippen LogP contribution in [-0.2, 0) is 37.5 Å². The topological polar surface area (TPSA) is 125 Å². The zero-order chi connectivity index (χ0) is 45.1. The number of likely N-dealkylation sites (N-methyl/N-ethyl adjacent to an activating group) is 1. The van der Waals surface area contributed by atoms with E-state index >= 15 is 0 Å². The van der Waals surface area contributed by atoms with Crippen molar-refractivity contribution in [1.29, 1.82) is 0 Å². The van der Waals surface area contributed by atoms with Gasteiger partial charge < -0.3 is 18.9 Å². The molecule has 10 nitrogen and oxygen atoms in total. The van der Waals surface area contributed by atoms with Crippen LogP contribution in [0.1, 0.15) is 226 Å². The van der Waals surface area contributed by atoms with Gasteiger partial charge in [-0.15, -0.1) is 0 Å². The molecule has 0 aliphatic carbocycles. The quantitative estimate of drug-likeness (QED) is 0.0159. The van der Waals surface area contributed by atoms with E-state index in [0.29, 0.717) is 30.3 Å². The van der Waals surface area contributed by atoms with E-state index in [-0.39, 0.29) is 31.8 Å². The SMILES string of the molecule is CCCCCCCCCCCCCCCCCCCCCCCC(=O)O[C@H](COC(=O)CCCCCCC/C=C\C=C\C(=O)CCCCC)COP(=O)(O)OCC[N+](C)(C)C. The van der Waals surface area contributed by atoms with Crippen molar-refractivity contribution < 1.29 is 46.8 Å². The Kier molecular flexibility index (Phi) is 40.9. The summed E-state index contributed by atoms with van der Waals surface area (Å²) in [6.07, 6.45) is 43.5. The highest BCUT2D eigenvalue weighted by atomic mass is 31.2. The number of carbonyl (C=O) groups is 3. The molecule has 1 N–H and O–H groups in total. The Balaban J connectivity index is 4.28. The average Bonchev–Trinajstić information content (AvgIpc) is 3.21. The van der Waals surface area contributed by atoms with Gasteiger partial charge in [0.15, 0.2) is 11.9 Å². The molecule has 0 saturated heterocycles. The molecule has 0 saturated carbocycles. The standard InChI is InChI=1S/C50H94NO9P/c1-6-8-10-11-12-13-14-15-16-17-18-19-20-21-22-23-24-27-31-34-38-42-50(54)60-48(46-59-61(55,56)58-44-43-51(3,4)5)45-57-49(53)41-37-33-30-28-25-26-29-32-36-40-47(52)39-35-9-7-2/h29,32,36,40,48H,6-28,30-31,33-35,37-39,41-46H2,1-5H3/p+1/b32-29-,40-36+/t48-/m1/s1. The van der Waals surface area contributed by atoms with E-state index in [9.17, 15) is 23.8 Å². The summed E-state index contributed by atoms with van der Waals surface area (Å²) in [5.41, 5.74) is 0. The number of rotatable bonds is 46. The summed E-state index contributed by atoms with van der Waals surface area (Å²) in [4.78, 5) is 47.3. The van der Waals surface area contributed by atoms with Crippen LogP contribution in [-0.4, -0.2) is 80.7 Å². The molecule has 2 atom stereocenters. The maximum Gasteiger partial charge on any atom is 0.472 e. The number of nitrogens with zero attached hydrogens (tertiary/aromatic N) is 1. The normalized spacial score (nSPS) is 13.5. The van der Waals surface area contributed by atoms with E-state index in [1.165, 1.54) is 116 Å². The number of hydrogen-bond acceptors (Lipinski definition) is 8. The van der Waals surface area contributed by atoms with Crippen molar-refractivity contribution in [3.05, 3.63) is 24.3 Å². The Morgan fingerprint density at radius 3 is 1.46 bits per heavy atom. The molecule has 0 aromatic carbocycles. The molecule has 0 amide bonds. The molecule has 0 aliphatic rings. The van der Waals surface area contributed by atoms with Crippen molar-refractivity contribution in [3.63, 3.8) is 0 Å². The Morgan fingerprint density at radius 1 is 0.541 bits per heavy atom. The minimum Gasteiger partial charge on any atom is -0.462 e. The molecular formula is C50H95NO9P+. The van der Waals surface area contributed by atoms with Gasteiger partial charge in [0, 0.05) is 19.3 Å². The van der Waals surface area contributed by atoms with Crippen LogP contribution in [0.15, 0.2) is 24.3 Å². The predicted molar refractivity (Wildman–Crippen MR) is 252 cm³/mol. The average molecular weight is 885 g/mol. The van der Waals surface area contributed by atoms with E-state index in [4.69, 9.17) is 18.5 Å². The van der Waals surface area contributed by atoms with Gasteiger partial charge in [-0.05, 0) is 38.2 Å². The first-order valence-corrected chi connectivity index (χ1v) is 26.5. The number of phosphoric ester groups is 1. The maximum atomic E-state index is 12.7. The minimum atomic E-state index is -4.39. The van der Waals surface area contributed by atoms with E-state index < -0.39 is 32.5 Å². The fourth-order valence-corrected chi connectivity index (χ4v) is 7.74. The van der Waals surface area contributed by atoms with Gasteiger partial charge in [-0.2, -0.15) is 0 Å². The number of esters is 2. The van der Waals surface area contributed by atoms with Crippen LogP contribution in [0, 0.1) is 0 Å². The van der Waals surface area contributed by atoms with Gasteiger partial charge in [-0.25, -0.2) is 4.57 Å². The van der Waals surface area contributed by atoms with Gasteiger partial charge in [0.25, 0.3) is 0 Å². The van der Waals surface area contributed by atoms with Crippen LogP contribution in [0.2, 0.25) is 0 Å². The first kappa shape index (κ1) is 59.2. The van der Waals surface area contributed by atoms with Gasteiger partial charge in [0.2, 0.25) is 0 Å². The van der Waals surface area contributed by atoms with E-state index in [2.05, 4.69) is 19.9 Å². The lowest BCUT2D eigenvalue weighted by molar-refractivity contribution is -0.870. The molecule has 0 bridgehead atoms. The molecule has 0 aliphatic heterocycles. The van der Waals surface area contributed by atoms with Gasteiger partial charge in [0.05, 0.1) is 27.7 Å². The molecule has 11 heteroatoms. The first-order chi connectivity index (χ1) is 29.4. The molecule has 1 unspecified atom stereocenters. The van der Waals surface area contributed by atoms with Crippen LogP contribution >= 0.6 is 7.82 Å². The fraction of sp³-hybridized carbons (Fsp3) is 0.860. The number of ether oxygens (including phenoxy) is 2. The second-order valence-corrected chi connectivity index (χ2v) is 19.7. The molecule has 0 fully saturated rings. The molecule has 0 radical (unpaired) electrons. The smallest absolute Gasteiger partial charge is 0.462 e. The summed E-state index contributed by atoms with van der Waals surface area (Å²) in [6, 6.07) is 0. The zero-order valence-corrected chi connectivity index (χ0v) is 41.1. The Hall–Kier alpha value is -1.84. The van der Waals surface area contributed by atoms with Crippen molar-refractivity contribution in [2.24, 2.45) is 0 Å². The molecular weight excluding hydrogens is 790 g/mol. The third-order valence-electron chi connectivity index (χ3n) is 11.0. The lowest BCUT2D eigenvalue weighted by atomic mass is 10.0. The third kappa shape index (κ3) is 46.0. The Labute approximate surface area is 374 Å².